The molecule has 0 spiro atoms. The summed E-state index contributed by atoms with van der Waals surface area (Å²) in [4.78, 5) is 11.7. The number of hydrogen-bond acceptors (Lipinski definition) is 2. The molecule has 2 aromatic carbocycles. The summed E-state index contributed by atoms with van der Waals surface area (Å²) in [5, 5.41) is 9.60. The van der Waals surface area contributed by atoms with E-state index in [2.05, 4.69) is 6.92 Å². The highest BCUT2D eigenvalue weighted by molar-refractivity contribution is 5.76. The maximum absolute atomic E-state index is 11.7. The van der Waals surface area contributed by atoms with Crippen molar-refractivity contribution in [1.82, 2.24) is 0 Å². The van der Waals surface area contributed by atoms with Crippen LogP contribution in [0.4, 0.5) is 0 Å². The summed E-state index contributed by atoms with van der Waals surface area (Å²) < 4.78 is 5.69. The van der Waals surface area contributed by atoms with Crippen molar-refractivity contribution < 1.29 is 14.6 Å². The van der Waals surface area contributed by atoms with Crippen LogP contribution in [0, 0.1) is 0 Å². The van der Waals surface area contributed by atoms with Crippen molar-refractivity contribution in [2.45, 2.75) is 45.6 Å². The third-order valence-corrected chi connectivity index (χ3v) is 3.80. The number of aryl methyl sites for hydroxylation is 1. The Kier molecular flexibility index (Phi) is 5.80. The number of carboxylic acid groups (broad SMARTS) is 1. The first-order chi connectivity index (χ1) is 11.0. The van der Waals surface area contributed by atoms with Gasteiger partial charge >= 0.3 is 5.97 Å². The molecule has 1 atom stereocenters. The monoisotopic (exact) mass is 312 g/mol. The summed E-state index contributed by atoms with van der Waals surface area (Å²) in [7, 11) is 0. The minimum absolute atomic E-state index is 0.0992. The fourth-order valence-electron chi connectivity index (χ4n) is 2.59. The average Bonchev–Trinajstić information content (AvgIpc) is 2.52. The summed E-state index contributed by atoms with van der Waals surface area (Å²) in [5.41, 5.74) is 3.02. The SMILES string of the molecule is CCc1ccc(C(Cc2cccc(OC(C)C)c2)C(=O)O)cc1. The molecule has 0 bridgehead atoms. The number of ether oxygens (including phenoxy) is 1. The molecule has 0 aliphatic carbocycles. The number of benzene rings is 2. The van der Waals surface area contributed by atoms with Gasteiger partial charge in [0, 0.05) is 0 Å². The van der Waals surface area contributed by atoms with E-state index >= 15 is 0 Å². The van der Waals surface area contributed by atoms with Gasteiger partial charge in [-0.3, -0.25) is 4.79 Å². The molecule has 0 aromatic heterocycles. The molecule has 0 heterocycles. The first-order valence-corrected chi connectivity index (χ1v) is 8.06. The first-order valence-electron chi connectivity index (χ1n) is 8.06. The van der Waals surface area contributed by atoms with Gasteiger partial charge in [0.15, 0.2) is 0 Å². The van der Waals surface area contributed by atoms with Gasteiger partial charge in [-0.1, -0.05) is 43.3 Å². The largest absolute Gasteiger partial charge is 0.491 e. The Morgan fingerprint density at radius 2 is 1.78 bits per heavy atom. The normalized spacial score (nSPS) is 12.2. The van der Waals surface area contributed by atoms with Gasteiger partial charge in [-0.2, -0.15) is 0 Å². The zero-order valence-electron chi connectivity index (χ0n) is 14.0. The van der Waals surface area contributed by atoms with Crippen LogP contribution in [0.2, 0.25) is 0 Å². The molecule has 0 aliphatic heterocycles. The number of carboxylic acids is 1. The maximum atomic E-state index is 11.7. The number of aliphatic carboxylic acids is 1. The van der Waals surface area contributed by atoms with E-state index in [-0.39, 0.29) is 6.10 Å². The number of hydrogen-bond donors (Lipinski definition) is 1. The Morgan fingerprint density at radius 1 is 1.09 bits per heavy atom. The van der Waals surface area contributed by atoms with Crippen LogP contribution in [0.3, 0.4) is 0 Å². The fourth-order valence-corrected chi connectivity index (χ4v) is 2.59. The molecule has 2 aromatic rings. The van der Waals surface area contributed by atoms with Crippen molar-refractivity contribution in [3.05, 3.63) is 65.2 Å². The predicted molar refractivity (Wildman–Crippen MR) is 92.1 cm³/mol. The fraction of sp³-hybridized carbons (Fsp3) is 0.350. The standard InChI is InChI=1S/C20H24O3/c1-4-15-8-10-17(11-9-15)19(20(21)22)13-16-6-5-7-18(12-16)23-14(2)3/h5-12,14,19H,4,13H2,1-3H3,(H,21,22). The average molecular weight is 312 g/mol. The minimum Gasteiger partial charge on any atom is -0.491 e. The molecule has 0 saturated carbocycles. The van der Waals surface area contributed by atoms with E-state index in [1.165, 1.54) is 5.56 Å². The molecule has 2 rings (SSSR count). The Hall–Kier alpha value is -2.29. The van der Waals surface area contributed by atoms with Crippen LogP contribution in [0.15, 0.2) is 48.5 Å². The van der Waals surface area contributed by atoms with E-state index < -0.39 is 11.9 Å². The molecular formula is C20H24O3. The highest BCUT2D eigenvalue weighted by atomic mass is 16.5. The molecule has 0 radical (unpaired) electrons. The van der Waals surface area contributed by atoms with E-state index in [9.17, 15) is 9.90 Å². The third-order valence-electron chi connectivity index (χ3n) is 3.80. The van der Waals surface area contributed by atoms with Gasteiger partial charge in [0.2, 0.25) is 0 Å². The zero-order chi connectivity index (χ0) is 16.8. The Balaban J connectivity index is 2.20. The highest BCUT2D eigenvalue weighted by Crippen LogP contribution is 2.24. The van der Waals surface area contributed by atoms with Crippen molar-refractivity contribution in [3.8, 4) is 5.75 Å². The molecule has 3 heteroatoms. The molecule has 1 unspecified atom stereocenters. The van der Waals surface area contributed by atoms with Crippen LogP contribution >= 0.6 is 0 Å². The molecule has 0 fully saturated rings. The van der Waals surface area contributed by atoms with Crippen molar-refractivity contribution >= 4 is 5.97 Å². The molecule has 3 nitrogen and oxygen atoms in total. The van der Waals surface area contributed by atoms with Crippen LogP contribution in [-0.2, 0) is 17.6 Å². The van der Waals surface area contributed by atoms with Gasteiger partial charge in [0.25, 0.3) is 0 Å². The smallest absolute Gasteiger partial charge is 0.311 e. The summed E-state index contributed by atoms with van der Waals surface area (Å²) >= 11 is 0. The van der Waals surface area contributed by atoms with Crippen molar-refractivity contribution in [3.63, 3.8) is 0 Å². The van der Waals surface area contributed by atoms with E-state index in [1.54, 1.807) is 0 Å². The summed E-state index contributed by atoms with van der Waals surface area (Å²) in [6.07, 6.45) is 1.50. The van der Waals surface area contributed by atoms with Crippen LogP contribution in [0.25, 0.3) is 0 Å². The van der Waals surface area contributed by atoms with Crippen LogP contribution in [0.1, 0.15) is 43.4 Å². The van der Waals surface area contributed by atoms with Gasteiger partial charge in [0.05, 0.1) is 12.0 Å². The van der Waals surface area contributed by atoms with Gasteiger partial charge in [-0.25, -0.2) is 0 Å². The summed E-state index contributed by atoms with van der Waals surface area (Å²) in [5.74, 6) is -0.567. The second kappa shape index (κ2) is 7.82. The highest BCUT2D eigenvalue weighted by Gasteiger charge is 2.20. The van der Waals surface area contributed by atoms with E-state index in [0.29, 0.717) is 6.42 Å². The van der Waals surface area contributed by atoms with E-state index in [4.69, 9.17) is 4.74 Å². The lowest BCUT2D eigenvalue weighted by atomic mass is 9.91. The van der Waals surface area contributed by atoms with Gasteiger partial charge in [-0.15, -0.1) is 0 Å². The van der Waals surface area contributed by atoms with E-state index in [0.717, 1.165) is 23.3 Å². The number of rotatable bonds is 7. The molecule has 0 aliphatic rings. The second-order valence-corrected chi connectivity index (χ2v) is 6.00. The Bertz CT molecular complexity index is 644. The molecule has 1 N–H and O–H groups in total. The molecule has 122 valence electrons. The molecular weight excluding hydrogens is 288 g/mol. The maximum Gasteiger partial charge on any atom is 0.311 e. The first kappa shape index (κ1) is 17.1. The topological polar surface area (TPSA) is 46.5 Å². The number of carbonyl (C=O) groups is 1. The Labute approximate surface area is 137 Å². The van der Waals surface area contributed by atoms with Gasteiger partial charge < -0.3 is 9.84 Å². The summed E-state index contributed by atoms with van der Waals surface area (Å²) in [6, 6.07) is 15.5. The second-order valence-electron chi connectivity index (χ2n) is 6.00. The summed E-state index contributed by atoms with van der Waals surface area (Å²) in [6.45, 7) is 6.04. The van der Waals surface area contributed by atoms with E-state index in [1.807, 2.05) is 62.4 Å². The van der Waals surface area contributed by atoms with Crippen LogP contribution < -0.4 is 4.74 Å². The quantitative estimate of drug-likeness (QED) is 0.821. The lowest BCUT2D eigenvalue weighted by molar-refractivity contribution is -0.138. The van der Waals surface area contributed by atoms with Crippen LogP contribution in [-0.4, -0.2) is 17.2 Å². The zero-order valence-corrected chi connectivity index (χ0v) is 14.0. The van der Waals surface area contributed by atoms with Gasteiger partial charge in [-0.05, 0) is 55.5 Å². The van der Waals surface area contributed by atoms with Crippen molar-refractivity contribution in [2.75, 3.05) is 0 Å². The molecule has 0 saturated heterocycles. The molecule has 23 heavy (non-hydrogen) atoms. The van der Waals surface area contributed by atoms with Crippen LogP contribution in [0.5, 0.6) is 5.75 Å². The third kappa shape index (κ3) is 4.85. The Morgan fingerprint density at radius 3 is 2.35 bits per heavy atom. The predicted octanol–water partition coefficient (Wildman–Crippen LogP) is 4.45. The van der Waals surface area contributed by atoms with Crippen molar-refractivity contribution in [1.29, 1.82) is 0 Å². The lowest BCUT2D eigenvalue weighted by Gasteiger charge is -2.15. The van der Waals surface area contributed by atoms with Gasteiger partial charge in [0.1, 0.15) is 5.75 Å². The minimum atomic E-state index is -0.801. The lowest BCUT2D eigenvalue weighted by Crippen LogP contribution is -2.14. The van der Waals surface area contributed by atoms with Crippen molar-refractivity contribution in [2.24, 2.45) is 0 Å². The molecule has 0 amide bonds.